The van der Waals surface area contributed by atoms with Crippen LogP contribution in [0, 0.1) is 0 Å². The van der Waals surface area contributed by atoms with Crippen LogP contribution < -0.4 is 10.1 Å². The fourth-order valence-electron chi connectivity index (χ4n) is 2.37. The molecule has 0 spiro atoms. The van der Waals surface area contributed by atoms with Crippen molar-refractivity contribution in [1.82, 2.24) is 4.98 Å². The molecule has 0 radical (unpaired) electrons. The Morgan fingerprint density at radius 1 is 1.12 bits per heavy atom. The van der Waals surface area contributed by atoms with Gasteiger partial charge in [0.05, 0.1) is 7.11 Å². The third kappa shape index (κ3) is 3.30. The third-order valence-electron chi connectivity index (χ3n) is 3.75. The maximum absolute atomic E-state index is 12.5. The van der Waals surface area contributed by atoms with Gasteiger partial charge in [-0.1, -0.05) is 19.1 Å². The van der Waals surface area contributed by atoms with Crippen molar-refractivity contribution in [1.29, 1.82) is 0 Å². The van der Waals surface area contributed by atoms with Crippen LogP contribution in [0.3, 0.4) is 0 Å². The van der Waals surface area contributed by atoms with Gasteiger partial charge in [-0.15, -0.1) is 0 Å². The molecule has 0 aliphatic rings. The summed E-state index contributed by atoms with van der Waals surface area (Å²) in [5.74, 6) is 0.861. The molecule has 1 heterocycles. The second kappa shape index (κ2) is 7.00. The Bertz CT molecular complexity index is 821. The van der Waals surface area contributed by atoms with E-state index in [-0.39, 0.29) is 11.6 Å². The third-order valence-corrected chi connectivity index (χ3v) is 3.75. The number of nitrogens with one attached hydrogen (secondary N) is 1. The lowest BCUT2D eigenvalue weighted by molar-refractivity contribution is 0.102. The number of carbonyl (C=O) groups excluding carboxylic acids is 1. The van der Waals surface area contributed by atoms with Crippen molar-refractivity contribution in [2.45, 2.75) is 13.3 Å². The molecule has 0 atom stereocenters. The molecule has 0 saturated heterocycles. The van der Waals surface area contributed by atoms with Crippen LogP contribution >= 0.6 is 0 Å². The number of aryl methyl sites for hydroxylation is 1. The van der Waals surface area contributed by atoms with Crippen molar-refractivity contribution < 1.29 is 13.9 Å². The summed E-state index contributed by atoms with van der Waals surface area (Å²) in [4.78, 5) is 16.5. The van der Waals surface area contributed by atoms with Crippen LogP contribution in [0.25, 0.3) is 11.3 Å². The summed E-state index contributed by atoms with van der Waals surface area (Å²) in [5.41, 5.74) is 2.95. The summed E-state index contributed by atoms with van der Waals surface area (Å²) in [6.45, 7) is 2.09. The van der Waals surface area contributed by atoms with Gasteiger partial charge in [-0.2, -0.15) is 0 Å². The predicted octanol–water partition coefficient (Wildman–Crippen LogP) is 4.16. The van der Waals surface area contributed by atoms with E-state index in [1.54, 1.807) is 7.11 Å². The first-order valence-electron chi connectivity index (χ1n) is 7.69. The van der Waals surface area contributed by atoms with E-state index in [1.165, 1.54) is 12.0 Å². The number of hydrogen-bond acceptors (Lipinski definition) is 4. The van der Waals surface area contributed by atoms with Gasteiger partial charge in [-0.05, 0) is 48.4 Å². The second-order valence-corrected chi connectivity index (χ2v) is 5.26. The highest BCUT2D eigenvalue weighted by Gasteiger charge is 2.18. The van der Waals surface area contributed by atoms with E-state index >= 15 is 0 Å². The van der Waals surface area contributed by atoms with Gasteiger partial charge < -0.3 is 14.5 Å². The summed E-state index contributed by atoms with van der Waals surface area (Å²) >= 11 is 0. The van der Waals surface area contributed by atoms with Gasteiger partial charge in [0.2, 0.25) is 0 Å². The van der Waals surface area contributed by atoms with E-state index in [4.69, 9.17) is 9.15 Å². The standard InChI is InChI=1S/C19H18N2O3/c1-3-13-4-8-15(9-5-13)21-19(22)17-18(24-12-20-17)14-6-10-16(23-2)11-7-14/h4-12H,3H2,1-2H3,(H,21,22). The topological polar surface area (TPSA) is 64.4 Å². The highest BCUT2D eigenvalue weighted by molar-refractivity contribution is 6.06. The van der Waals surface area contributed by atoms with E-state index in [0.29, 0.717) is 5.76 Å². The average molecular weight is 322 g/mol. The molecule has 2 aromatic carbocycles. The molecule has 1 N–H and O–H groups in total. The lowest BCUT2D eigenvalue weighted by Crippen LogP contribution is -2.13. The quantitative estimate of drug-likeness (QED) is 0.766. The molecule has 0 fully saturated rings. The Labute approximate surface area is 140 Å². The molecule has 3 rings (SSSR count). The number of oxazole rings is 1. The van der Waals surface area contributed by atoms with E-state index in [0.717, 1.165) is 23.4 Å². The number of aromatic nitrogens is 1. The van der Waals surface area contributed by atoms with Crippen LogP contribution in [0.4, 0.5) is 5.69 Å². The summed E-state index contributed by atoms with van der Waals surface area (Å²) in [6, 6.07) is 15.0. The molecule has 3 aromatic rings. The van der Waals surface area contributed by atoms with E-state index in [9.17, 15) is 4.79 Å². The van der Waals surface area contributed by atoms with Crippen molar-refractivity contribution in [3.8, 4) is 17.1 Å². The Balaban J connectivity index is 1.81. The zero-order chi connectivity index (χ0) is 16.9. The minimum absolute atomic E-state index is 0.250. The number of hydrogen-bond donors (Lipinski definition) is 1. The molecule has 0 bridgehead atoms. The van der Waals surface area contributed by atoms with Crippen LogP contribution in [0.2, 0.25) is 0 Å². The number of rotatable bonds is 5. The lowest BCUT2D eigenvalue weighted by Gasteiger charge is -2.06. The molecule has 0 aliphatic heterocycles. The zero-order valence-electron chi connectivity index (χ0n) is 13.6. The molecular formula is C19H18N2O3. The first-order chi connectivity index (χ1) is 11.7. The largest absolute Gasteiger partial charge is 0.497 e. The Morgan fingerprint density at radius 3 is 2.46 bits per heavy atom. The Kier molecular flexibility index (Phi) is 4.61. The minimum atomic E-state index is -0.307. The molecule has 0 aliphatic carbocycles. The van der Waals surface area contributed by atoms with Crippen LogP contribution in [-0.2, 0) is 6.42 Å². The molecule has 5 heteroatoms. The summed E-state index contributed by atoms with van der Waals surface area (Å²) in [5, 5.41) is 2.84. The summed E-state index contributed by atoms with van der Waals surface area (Å²) in [6.07, 6.45) is 2.23. The SMILES string of the molecule is CCc1ccc(NC(=O)c2ncoc2-c2ccc(OC)cc2)cc1. The number of anilines is 1. The van der Waals surface area contributed by atoms with Crippen LogP contribution in [0.1, 0.15) is 23.0 Å². The second-order valence-electron chi connectivity index (χ2n) is 5.26. The first-order valence-corrected chi connectivity index (χ1v) is 7.69. The van der Waals surface area contributed by atoms with Gasteiger partial charge in [-0.3, -0.25) is 4.79 Å². The number of ether oxygens (including phenoxy) is 1. The average Bonchev–Trinajstić information content (AvgIpc) is 3.12. The summed E-state index contributed by atoms with van der Waals surface area (Å²) < 4.78 is 10.5. The van der Waals surface area contributed by atoms with Gasteiger partial charge in [0, 0.05) is 11.3 Å². The maximum Gasteiger partial charge on any atom is 0.278 e. The maximum atomic E-state index is 12.5. The number of benzene rings is 2. The first kappa shape index (κ1) is 15.8. The predicted molar refractivity (Wildman–Crippen MR) is 92.3 cm³/mol. The molecule has 0 unspecified atom stereocenters. The molecule has 0 saturated carbocycles. The van der Waals surface area contributed by atoms with E-state index in [2.05, 4.69) is 17.2 Å². The molecule has 122 valence electrons. The van der Waals surface area contributed by atoms with Gasteiger partial charge >= 0.3 is 0 Å². The number of nitrogens with zero attached hydrogens (tertiary/aromatic N) is 1. The zero-order valence-corrected chi connectivity index (χ0v) is 13.6. The van der Waals surface area contributed by atoms with Crippen molar-refractivity contribution >= 4 is 11.6 Å². The lowest BCUT2D eigenvalue weighted by atomic mass is 10.1. The van der Waals surface area contributed by atoms with Crippen LogP contribution in [-0.4, -0.2) is 18.0 Å². The number of carbonyl (C=O) groups is 1. The van der Waals surface area contributed by atoms with Crippen LogP contribution in [0.5, 0.6) is 5.75 Å². The van der Waals surface area contributed by atoms with Gasteiger partial charge in [0.15, 0.2) is 17.8 Å². The van der Waals surface area contributed by atoms with E-state index in [1.807, 2.05) is 48.5 Å². The number of methoxy groups -OCH3 is 1. The summed E-state index contributed by atoms with van der Waals surface area (Å²) in [7, 11) is 1.60. The van der Waals surface area contributed by atoms with Gasteiger partial charge in [0.25, 0.3) is 5.91 Å². The van der Waals surface area contributed by atoms with Crippen LogP contribution in [0.15, 0.2) is 59.3 Å². The normalized spacial score (nSPS) is 10.4. The number of amides is 1. The molecule has 1 amide bonds. The highest BCUT2D eigenvalue weighted by Crippen LogP contribution is 2.26. The Morgan fingerprint density at radius 2 is 1.83 bits per heavy atom. The Hall–Kier alpha value is -3.08. The fourth-order valence-corrected chi connectivity index (χ4v) is 2.37. The van der Waals surface area contributed by atoms with Crippen molar-refractivity contribution in [2.75, 3.05) is 12.4 Å². The highest BCUT2D eigenvalue weighted by atomic mass is 16.5. The molecule has 5 nitrogen and oxygen atoms in total. The molecule has 1 aromatic heterocycles. The molecule has 24 heavy (non-hydrogen) atoms. The van der Waals surface area contributed by atoms with Crippen molar-refractivity contribution in [2.24, 2.45) is 0 Å². The minimum Gasteiger partial charge on any atom is -0.497 e. The van der Waals surface area contributed by atoms with Crippen molar-refractivity contribution in [3.05, 3.63) is 66.2 Å². The van der Waals surface area contributed by atoms with Gasteiger partial charge in [-0.25, -0.2) is 4.98 Å². The fraction of sp³-hybridized carbons (Fsp3) is 0.158. The van der Waals surface area contributed by atoms with Gasteiger partial charge in [0.1, 0.15) is 5.75 Å². The van der Waals surface area contributed by atoms with Crippen molar-refractivity contribution in [3.63, 3.8) is 0 Å². The molecular weight excluding hydrogens is 304 g/mol. The monoisotopic (exact) mass is 322 g/mol. The van der Waals surface area contributed by atoms with E-state index < -0.39 is 0 Å². The smallest absolute Gasteiger partial charge is 0.278 e.